The smallest absolute Gasteiger partial charge is 0.416 e. The average molecular weight is 435 g/mol. The summed E-state index contributed by atoms with van der Waals surface area (Å²) in [6.45, 7) is 2.55. The highest BCUT2D eigenvalue weighted by Crippen LogP contribution is 2.31. The van der Waals surface area contributed by atoms with Crippen LogP contribution in [-0.2, 0) is 6.18 Å². The van der Waals surface area contributed by atoms with E-state index in [1.807, 2.05) is 24.3 Å². The van der Waals surface area contributed by atoms with E-state index in [1.54, 1.807) is 12.1 Å². The largest absolute Gasteiger partial charge is 0.494 e. The summed E-state index contributed by atoms with van der Waals surface area (Å²) >= 11 is 0. The van der Waals surface area contributed by atoms with Gasteiger partial charge in [-0.25, -0.2) is 0 Å². The topological polar surface area (TPSA) is 29.5 Å². The molecule has 0 amide bonds. The number of rotatable bonds is 13. The molecule has 0 atom stereocenters. The van der Waals surface area contributed by atoms with Crippen molar-refractivity contribution in [2.75, 3.05) is 13.2 Å². The molecule has 0 heterocycles. The van der Waals surface area contributed by atoms with E-state index < -0.39 is 11.7 Å². The summed E-state index contributed by atoms with van der Waals surface area (Å²) in [5.41, 5.74) is 0.848. The minimum Gasteiger partial charge on any atom is -0.494 e. The molecule has 0 fully saturated rings. The molecule has 2 aromatic rings. The maximum atomic E-state index is 12.9. The van der Waals surface area contributed by atoms with E-state index in [-0.39, 0.29) is 6.61 Å². The van der Waals surface area contributed by atoms with Crippen LogP contribution in [0.2, 0.25) is 0 Å². The molecule has 170 valence electrons. The lowest BCUT2D eigenvalue weighted by Gasteiger charge is -2.11. The second kappa shape index (κ2) is 13.2. The van der Waals surface area contributed by atoms with E-state index in [2.05, 4.69) is 6.92 Å². The summed E-state index contributed by atoms with van der Waals surface area (Å²) < 4.78 is 44.6. The van der Waals surface area contributed by atoms with Gasteiger partial charge in [0.2, 0.25) is 0 Å². The lowest BCUT2D eigenvalue weighted by Crippen LogP contribution is -2.05. The number of ether oxygens (including phenoxy) is 1. The number of hydrogen-bond donors (Lipinski definition) is 1. The number of alkyl halides is 3. The van der Waals surface area contributed by atoms with E-state index in [0.29, 0.717) is 17.7 Å². The predicted molar refractivity (Wildman–Crippen MR) is 121 cm³/mol. The third-order valence-corrected chi connectivity index (χ3v) is 5.22. The Morgan fingerprint density at radius 3 is 2.16 bits per heavy atom. The molecule has 0 saturated heterocycles. The number of aliphatic hydroxyl groups excluding tert-OH is 1. The van der Waals surface area contributed by atoms with Gasteiger partial charge < -0.3 is 9.84 Å². The molecular formula is C26H33F3O2. The molecule has 0 radical (unpaired) electrons. The van der Waals surface area contributed by atoms with E-state index in [1.165, 1.54) is 51.0 Å². The molecule has 0 aliphatic rings. The number of hydrogen-bond acceptors (Lipinski definition) is 2. The van der Waals surface area contributed by atoms with Gasteiger partial charge in [-0.3, -0.25) is 0 Å². The van der Waals surface area contributed by atoms with Gasteiger partial charge >= 0.3 is 6.18 Å². The molecule has 0 bridgehead atoms. The molecule has 0 aliphatic heterocycles. The first kappa shape index (κ1) is 25.0. The summed E-state index contributed by atoms with van der Waals surface area (Å²) in [5, 5.41) is 9.66. The number of unbranched alkanes of at least 4 members (excludes halogenated alkanes) is 7. The quantitative estimate of drug-likeness (QED) is 0.258. The molecule has 0 saturated carbocycles. The fourth-order valence-electron chi connectivity index (χ4n) is 3.40. The second-order valence-corrected chi connectivity index (χ2v) is 7.80. The lowest BCUT2D eigenvalue weighted by molar-refractivity contribution is -0.137. The molecule has 2 rings (SSSR count). The normalized spacial score (nSPS) is 12.2. The minimum atomic E-state index is -4.41. The van der Waals surface area contributed by atoms with Crippen LogP contribution in [0.15, 0.2) is 48.5 Å². The highest BCUT2D eigenvalue weighted by atomic mass is 19.4. The van der Waals surface area contributed by atoms with Gasteiger partial charge in [-0.2, -0.15) is 13.2 Å². The Kier molecular flexibility index (Phi) is 10.6. The van der Waals surface area contributed by atoms with Gasteiger partial charge in [-0.05, 0) is 53.5 Å². The third-order valence-electron chi connectivity index (χ3n) is 5.22. The van der Waals surface area contributed by atoms with Crippen LogP contribution in [0.5, 0.6) is 5.75 Å². The monoisotopic (exact) mass is 434 g/mol. The molecule has 2 aromatic carbocycles. The summed E-state index contributed by atoms with van der Waals surface area (Å²) in [6.07, 6.45) is 7.27. The molecule has 0 aromatic heterocycles. The van der Waals surface area contributed by atoms with Crippen molar-refractivity contribution in [3.05, 3.63) is 65.2 Å². The van der Waals surface area contributed by atoms with Crippen molar-refractivity contribution in [2.45, 2.75) is 64.5 Å². The van der Waals surface area contributed by atoms with E-state index in [4.69, 9.17) is 4.74 Å². The minimum absolute atomic E-state index is 0.349. The van der Waals surface area contributed by atoms with Crippen LogP contribution >= 0.6 is 0 Å². The van der Waals surface area contributed by atoms with E-state index in [0.717, 1.165) is 29.9 Å². The van der Waals surface area contributed by atoms with Crippen molar-refractivity contribution in [3.63, 3.8) is 0 Å². The maximum Gasteiger partial charge on any atom is 0.416 e. The number of benzene rings is 2. The fourth-order valence-corrected chi connectivity index (χ4v) is 3.40. The van der Waals surface area contributed by atoms with Crippen LogP contribution in [-0.4, -0.2) is 18.3 Å². The summed E-state index contributed by atoms with van der Waals surface area (Å²) in [5.74, 6) is 0.768. The molecule has 2 nitrogen and oxygen atoms in total. The third kappa shape index (κ3) is 9.18. The Balaban J connectivity index is 1.84. The predicted octanol–water partition coefficient (Wildman–Crippen LogP) is 7.76. The SMILES string of the molecule is CCCCCCCCCCOc1ccc(/C=C(\CO)c2cccc(C(F)(F)F)c2)cc1. The van der Waals surface area contributed by atoms with Crippen molar-refractivity contribution < 1.29 is 23.0 Å². The van der Waals surface area contributed by atoms with E-state index in [9.17, 15) is 18.3 Å². The highest BCUT2D eigenvalue weighted by Gasteiger charge is 2.30. The van der Waals surface area contributed by atoms with Crippen molar-refractivity contribution in [2.24, 2.45) is 0 Å². The Hall–Kier alpha value is -2.27. The van der Waals surface area contributed by atoms with Gasteiger partial charge in [-0.15, -0.1) is 0 Å². The molecule has 5 heteroatoms. The van der Waals surface area contributed by atoms with Crippen molar-refractivity contribution in [1.82, 2.24) is 0 Å². The second-order valence-electron chi connectivity index (χ2n) is 7.80. The molecular weight excluding hydrogens is 401 g/mol. The van der Waals surface area contributed by atoms with Crippen LogP contribution in [0.25, 0.3) is 11.6 Å². The van der Waals surface area contributed by atoms with Crippen molar-refractivity contribution in [1.29, 1.82) is 0 Å². The molecule has 0 spiro atoms. The fraction of sp³-hybridized carbons (Fsp3) is 0.462. The van der Waals surface area contributed by atoms with E-state index >= 15 is 0 Å². The Labute approximate surface area is 183 Å². The Morgan fingerprint density at radius 1 is 0.903 bits per heavy atom. The van der Waals surface area contributed by atoms with Crippen molar-refractivity contribution in [3.8, 4) is 5.75 Å². The standard InChI is InChI=1S/C26H33F3O2/c1-2-3-4-5-6-7-8-9-17-31-25-15-13-21(14-16-25)18-23(20-30)22-11-10-12-24(19-22)26(27,28)29/h10-16,18-19,30H,2-9,17,20H2,1H3/b23-18+. The molecule has 0 unspecified atom stereocenters. The van der Waals surface area contributed by atoms with Crippen LogP contribution in [0.1, 0.15) is 75.0 Å². The number of aliphatic hydroxyl groups is 1. The molecule has 0 aliphatic carbocycles. The zero-order chi connectivity index (χ0) is 22.5. The zero-order valence-electron chi connectivity index (χ0n) is 18.3. The zero-order valence-corrected chi connectivity index (χ0v) is 18.3. The van der Waals surface area contributed by atoms with Gasteiger partial charge in [-0.1, -0.05) is 76.1 Å². The van der Waals surface area contributed by atoms with Crippen molar-refractivity contribution >= 4 is 11.6 Å². The van der Waals surface area contributed by atoms with Gasteiger partial charge in [0.1, 0.15) is 5.75 Å². The van der Waals surface area contributed by atoms with Gasteiger partial charge in [0.25, 0.3) is 0 Å². The maximum absolute atomic E-state index is 12.9. The summed E-state index contributed by atoms with van der Waals surface area (Å²) in [4.78, 5) is 0. The first-order valence-corrected chi connectivity index (χ1v) is 11.2. The Bertz CT molecular complexity index is 795. The van der Waals surface area contributed by atoms with Crippen LogP contribution in [0.3, 0.4) is 0 Å². The molecule has 31 heavy (non-hydrogen) atoms. The van der Waals surface area contributed by atoms with Crippen LogP contribution in [0.4, 0.5) is 13.2 Å². The molecule has 1 N–H and O–H groups in total. The highest BCUT2D eigenvalue weighted by molar-refractivity contribution is 5.82. The first-order chi connectivity index (χ1) is 14.9. The number of halogens is 3. The average Bonchev–Trinajstić information content (AvgIpc) is 2.77. The Morgan fingerprint density at radius 2 is 1.55 bits per heavy atom. The van der Waals surface area contributed by atoms with Gasteiger partial charge in [0.15, 0.2) is 0 Å². The summed E-state index contributed by atoms with van der Waals surface area (Å²) in [6, 6.07) is 12.4. The lowest BCUT2D eigenvalue weighted by atomic mass is 10.0. The van der Waals surface area contributed by atoms with Gasteiger partial charge in [0, 0.05) is 0 Å². The van der Waals surface area contributed by atoms with Crippen LogP contribution < -0.4 is 4.74 Å². The van der Waals surface area contributed by atoms with Crippen LogP contribution in [0, 0.1) is 0 Å². The van der Waals surface area contributed by atoms with Gasteiger partial charge in [0.05, 0.1) is 18.8 Å². The first-order valence-electron chi connectivity index (χ1n) is 11.2. The summed E-state index contributed by atoms with van der Waals surface area (Å²) in [7, 11) is 0.